The molecule has 20 heavy (non-hydrogen) atoms. The number of nitrogens with zero attached hydrogens (tertiary/aromatic N) is 1. The quantitative estimate of drug-likeness (QED) is 0.852. The van der Waals surface area contributed by atoms with Crippen molar-refractivity contribution in [3.05, 3.63) is 23.8 Å². The van der Waals surface area contributed by atoms with Gasteiger partial charge in [-0.05, 0) is 18.6 Å². The van der Waals surface area contributed by atoms with Crippen LogP contribution in [0.15, 0.2) is 18.2 Å². The van der Waals surface area contributed by atoms with Gasteiger partial charge in [0.15, 0.2) is 0 Å². The first kappa shape index (κ1) is 15.0. The van der Waals surface area contributed by atoms with E-state index in [0.29, 0.717) is 17.0 Å². The Kier molecular flexibility index (Phi) is 4.48. The summed E-state index contributed by atoms with van der Waals surface area (Å²) < 4.78 is 5.41. The third-order valence-electron chi connectivity index (χ3n) is 3.54. The maximum Gasteiger partial charge on any atom is 0.254 e. The maximum atomic E-state index is 12.6. The van der Waals surface area contributed by atoms with Crippen LogP contribution in [-0.4, -0.2) is 41.5 Å². The van der Waals surface area contributed by atoms with E-state index in [-0.39, 0.29) is 10.7 Å². The van der Waals surface area contributed by atoms with Crippen LogP contribution in [0.3, 0.4) is 0 Å². The molecular weight excluding hydrogens is 272 g/mol. The molecule has 0 bridgehead atoms. The Hall–Kier alpha value is -1.36. The molecule has 1 saturated heterocycles. The highest BCUT2D eigenvalue weighted by atomic mass is 32.2. The van der Waals surface area contributed by atoms with E-state index in [9.17, 15) is 4.79 Å². The van der Waals surface area contributed by atoms with Gasteiger partial charge < -0.3 is 15.4 Å². The van der Waals surface area contributed by atoms with Crippen molar-refractivity contribution < 1.29 is 9.53 Å². The predicted octanol–water partition coefficient (Wildman–Crippen LogP) is 2.64. The van der Waals surface area contributed by atoms with E-state index >= 15 is 0 Å². The fraction of sp³-hybridized carbons (Fsp3) is 0.533. The van der Waals surface area contributed by atoms with Gasteiger partial charge in [-0.1, -0.05) is 13.8 Å². The molecule has 1 heterocycles. The summed E-state index contributed by atoms with van der Waals surface area (Å²) >= 11 is 1.93. The zero-order chi connectivity index (χ0) is 14.8. The highest BCUT2D eigenvalue weighted by Crippen LogP contribution is 2.31. The van der Waals surface area contributed by atoms with Crippen LogP contribution >= 0.6 is 11.8 Å². The summed E-state index contributed by atoms with van der Waals surface area (Å²) in [6.07, 6.45) is 1.00. The molecule has 1 aromatic carbocycles. The number of thioether (sulfide) groups is 1. The second kappa shape index (κ2) is 5.95. The SMILES string of the molecule is COc1cc(N)cc(C(=O)N2CCSC(C)(C)CC2)c1. The molecule has 0 radical (unpaired) electrons. The molecule has 0 atom stereocenters. The van der Waals surface area contributed by atoms with Gasteiger partial charge in [0.05, 0.1) is 7.11 Å². The minimum absolute atomic E-state index is 0.0360. The Morgan fingerprint density at radius 2 is 2.10 bits per heavy atom. The van der Waals surface area contributed by atoms with Gasteiger partial charge in [0.1, 0.15) is 5.75 Å². The Morgan fingerprint density at radius 3 is 2.80 bits per heavy atom. The lowest BCUT2D eigenvalue weighted by molar-refractivity contribution is 0.0764. The van der Waals surface area contributed by atoms with Crippen LogP contribution in [0.2, 0.25) is 0 Å². The average Bonchev–Trinajstić information content (AvgIpc) is 2.58. The second-order valence-electron chi connectivity index (χ2n) is 5.65. The number of benzene rings is 1. The number of nitrogen functional groups attached to an aromatic ring is 1. The fourth-order valence-electron chi connectivity index (χ4n) is 2.27. The third kappa shape index (κ3) is 3.60. The van der Waals surface area contributed by atoms with Crippen LogP contribution in [0, 0.1) is 0 Å². The maximum absolute atomic E-state index is 12.6. The Balaban J connectivity index is 2.16. The summed E-state index contributed by atoms with van der Waals surface area (Å²) in [6.45, 7) is 6.03. The van der Waals surface area contributed by atoms with Crippen molar-refractivity contribution in [1.82, 2.24) is 4.90 Å². The molecule has 1 aromatic rings. The molecule has 1 amide bonds. The predicted molar refractivity (Wildman–Crippen MR) is 84.5 cm³/mol. The molecule has 1 fully saturated rings. The van der Waals surface area contributed by atoms with Crippen molar-refractivity contribution in [1.29, 1.82) is 0 Å². The van der Waals surface area contributed by atoms with Crippen LogP contribution in [0.25, 0.3) is 0 Å². The van der Waals surface area contributed by atoms with Gasteiger partial charge in [0.25, 0.3) is 5.91 Å². The van der Waals surface area contributed by atoms with Gasteiger partial charge in [-0.2, -0.15) is 11.8 Å². The van der Waals surface area contributed by atoms with Crippen molar-refractivity contribution in [2.45, 2.75) is 25.0 Å². The van der Waals surface area contributed by atoms with E-state index in [1.807, 2.05) is 16.7 Å². The summed E-state index contributed by atoms with van der Waals surface area (Å²) in [5.41, 5.74) is 6.98. The number of anilines is 1. The second-order valence-corrected chi connectivity index (χ2v) is 7.45. The zero-order valence-electron chi connectivity index (χ0n) is 12.3. The third-order valence-corrected chi connectivity index (χ3v) is 4.91. The Labute approximate surface area is 124 Å². The molecule has 2 rings (SSSR count). The number of ether oxygens (including phenoxy) is 1. The number of nitrogens with two attached hydrogens (primary N) is 1. The molecule has 1 aliphatic rings. The molecule has 5 heteroatoms. The van der Waals surface area contributed by atoms with Gasteiger partial charge in [0.2, 0.25) is 0 Å². The molecule has 0 spiro atoms. The summed E-state index contributed by atoms with van der Waals surface area (Å²) in [5, 5.41) is 0. The van der Waals surface area contributed by atoms with E-state index in [2.05, 4.69) is 13.8 Å². The first-order valence-electron chi connectivity index (χ1n) is 6.79. The highest BCUT2D eigenvalue weighted by molar-refractivity contribution is 8.00. The van der Waals surface area contributed by atoms with Gasteiger partial charge in [-0.15, -0.1) is 0 Å². The first-order chi connectivity index (χ1) is 9.41. The van der Waals surface area contributed by atoms with Crippen molar-refractivity contribution in [3.63, 3.8) is 0 Å². The Bertz CT molecular complexity index is 503. The number of methoxy groups -OCH3 is 1. The molecule has 2 N–H and O–H groups in total. The monoisotopic (exact) mass is 294 g/mol. The summed E-state index contributed by atoms with van der Waals surface area (Å²) in [7, 11) is 1.58. The van der Waals surface area contributed by atoms with Crippen LogP contribution < -0.4 is 10.5 Å². The smallest absolute Gasteiger partial charge is 0.254 e. The van der Waals surface area contributed by atoms with Crippen LogP contribution in [0.4, 0.5) is 5.69 Å². The lowest BCUT2D eigenvalue weighted by Gasteiger charge is -2.23. The average molecular weight is 294 g/mol. The van der Waals surface area contributed by atoms with Crippen molar-refractivity contribution in [2.75, 3.05) is 31.7 Å². The standard InChI is InChI=1S/C15H22N2O2S/c1-15(2)4-5-17(6-7-20-15)14(18)11-8-12(16)10-13(9-11)19-3/h8-10H,4-7,16H2,1-3H3. The summed E-state index contributed by atoms with van der Waals surface area (Å²) in [4.78, 5) is 14.5. The first-order valence-corrected chi connectivity index (χ1v) is 7.78. The Morgan fingerprint density at radius 1 is 1.35 bits per heavy atom. The number of carbonyl (C=O) groups excluding carboxylic acids is 1. The van der Waals surface area contributed by atoms with Gasteiger partial charge in [-0.3, -0.25) is 4.79 Å². The van der Waals surface area contributed by atoms with E-state index < -0.39 is 0 Å². The molecule has 0 saturated carbocycles. The molecular formula is C15H22N2O2S. The van der Waals surface area contributed by atoms with Crippen LogP contribution in [-0.2, 0) is 0 Å². The number of hydrogen-bond donors (Lipinski definition) is 1. The van der Waals surface area contributed by atoms with Gasteiger partial charge in [0, 0.05) is 40.9 Å². The topological polar surface area (TPSA) is 55.6 Å². The largest absolute Gasteiger partial charge is 0.497 e. The molecule has 110 valence electrons. The summed E-state index contributed by atoms with van der Waals surface area (Å²) in [6, 6.07) is 5.19. The number of carbonyl (C=O) groups is 1. The van der Waals surface area contributed by atoms with Crippen molar-refractivity contribution >= 4 is 23.4 Å². The fourth-order valence-corrected chi connectivity index (χ4v) is 3.37. The van der Waals surface area contributed by atoms with Crippen LogP contribution in [0.5, 0.6) is 5.75 Å². The normalized spacial score (nSPS) is 18.4. The van der Waals surface area contributed by atoms with Crippen LogP contribution in [0.1, 0.15) is 30.6 Å². The minimum atomic E-state index is 0.0360. The highest BCUT2D eigenvalue weighted by Gasteiger charge is 2.26. The van der Waals surface area contributed by atoms with Crippen molar-refractivity contribution in [3.8, 4) is 5.75 Å². The molecule has 1 aliphatic heterocycles. The lowest BCUT2D eigenvalue weighted by atomic mass is 10.1. The molecule has 0 aromatic heterocycles. The van der Waals surface area contributed by atoms with E-state index in [1.165, 1.54) is 0 Å². The lowest BCUT2D eigenvalue weighted by Crippen LogP contribution is -2.33. The van der Waals surface area contributed by atoms with Crippen molar-refractivity contribution in [2.24, 2.45) is 0 Å². The summed E-state index contributed by atoms with van der Waals surface area (Å²) in [5.74, 6) is 1.63. The number of hydrogen-bond acceptors (Lipinski definition) is 4. The van der Waals surface area contributed by atoms with E-state index in [1.54, 1.807) is 25.3 Å². The van der Waals surface area contributed by atoms with Gasteiger partial charge in [-0.25, -0.2) is 0 Å². The zero-order valence-corrected chi connectivity index (χ0v) is 13.1. The molecule has 0 unspecified atom stereocenters. The van der Waals surface area contributed by atoms with E-state index in [4.69, 9.17) is 10.5 Å². The van der Waals surface area contributed by atoms with Gasteiger partial charge >= 0.3 is 0 Å². The molecule has 4 nitrogen and oxygen atoms in total. The van der Waals surface area contributed by atoms with E-state index in [0.717, 1.165) is 25.3 Å². The minimum Gasteiger partial charge on any atom is -0.497 e. The number of rotatable bonds is 2. The molecule has 0 aliphatic carbocycles. The number of amides is 1.